The highest BCUT2D eigenvalue weighted by atomic mass is 16.6. The van der Waals surface area contributed by atoms with Crippen LogP contribution < -0.4 is 0 Å². The minimum absolute atomic E-state index is 0.0437. The van der Waals surface area contributed by atoms with Crippen LogP contribution >= 0.6 is 0 Å². The molecule has 0 N–H and O–H groups in total. The Balaban J connectivity index is 1.94. The highest BCUT2D eigenvalue weighted by Crippen LogP contribution is 2.37. The number of carbonyl (C=O) groups is 1. The van der Waals surface area contributed by atoms with Gasteiger partial charge < -0.3 is 0 Å². The van der Waals surface area contributed by atoms with Crippen LogP contribution in [0.15, 0.2) is 42.5 Å². The second-order valence-electron chi connectivity index (χ2n) is 6.38. The summed E-state index contributed by atoms with van der Waals surface area (Å²) in [7, 11) is 0. The van der Waals surface area contributed by atoms with Crippen LogP contribution in [0.4, 0.5) is 0 Å². The molecule has 0 heterocycles. The van der Waals surface area contributed by atoms with E-state index >= 15 is 0 Å². The predicted octanol–water partition coefficient (Wildman–Crippen LogP) is 4.35. The molecular weight excluding hydrogens is 290 g/mol. The van der Waals surface area contributed by atoms with Crippen molar-refractivity contribution in [2.75, 3.05) is 6.54 Å². The van der Waals surface area contributed by atoms with Crippen molar-refractivity contribution in [2.45, 2.75) is 38.0 Å². The average molecular weight is 311 g/mol. The highest BCUT2D eigenvalue weighted by Gasteiger charge is 2.32. The first-order valence-corrected chi connectivity index (χ1v) is 8.28. The van der Waals surface area contributed by atoms with Crippen molar-refractivity contribution < 1.29 is 9.72 Å². The van der Waals surface area contributed by atoms with Crippen LogP contribution in [0.1, 0.15) is 43.6 Å². The first-order valence-electron chi connectivity index (χ1n) is 8.28. The summed E-state index contributed by atoms with van der Waals surface area (Å²) in [6.07, 6.45) is 3.90. The van der Waals surface area contributed by atoms with Crippen molar-refractivity contribution in [1.82, 2.24) is 0 Å². The van der Waals surface area contributed by atoms with Crippen molar-refractivity contribution >= 4 is 16.6 Å². The molecule has 2 aromatic rings. The van der Waals surface area contributed by atoms with Gasteiger partial charge >= 0.3 is 0 Å². The zero-order valence-corrected chi connectivity index (χ0v) is 13.1. The quantitative estimate of drug-likeness (QED) is 0.609. The summed E-state index contributed by atoms with van der Waals surface area (Å²) in [4.78, 5) is 22.9. The number of Topliss-reactive ketones (excluding diaryl/α,β-unsaturated/α-hetero) is 1. The lowest BCUT2D eigenvalue weighted by atomic mass is 9.74. The summed E-state index contributed by atoms with van der Waals surface area (Å²) in [5, 5.41) is 13.1. The van der Waals surface area contributed by atoms with Crippen LogP contribution in [-0.2, 0) is 4.79 Å². The van der Waals surface area contributed by atoms with Crippen LogP contribution in [0.2, 0.25) is 0 Å². The fourth-order valence-corrected chi connectivity index (χ4v) is 3.72. The minimum atomic E-state index is -0.276. The molecule has 2 aromatic carbocycles. The first kappa shape index (κ1) is 15.7. The first-order chi connectivity index (χ1) is 11.1. The Kier molecular flexibility index (Phi) is 4.70. The second-order valence-corrected chi connectivity index (χ2v) is 6.38. The summed E-state index contributed by atoms with van der Waals surface area (Å²) < 4.78 is 0. The number of ketones is 1. The van der Waals surface area contributed by atoms with Crippen LogP contribution in [0, 0.1) is 16.0 Å². The van der Waals surface area contributed by atoms with Crippen LogP contribution in [0.3, 0.4) is 0 Å². The lowest BCUT2D eigenvalue weighted by molar-refractivity contribution is -0.481. The summed E-state index contributed by atoms with van der Waals surface area (Å²) in [6, 6.07) is 14.3. The third kappa shape index (κ3) is 3.58. The summed E-state index contributed by atoms with van der Waals surface area (Å²) >= 11 is 0. The Labute approximate surface area is 135 Å². The Hall–Kier alpha value is -2.23. The van der Waals surface area contributed by atoms with Gasteiger partial charge in [-0.3, -0.25) is 14.9 Å². The fraction of sp³-hybridized carbons (Fsp3) is 0.421. The molecule has 0 bridgehead atoms. The molecule has 120 valence electrons. The number of hydrogen-bond donors (Lipinski definition) is 0. The van der Waals surface area contributed by atoms with Gasteiger partial charge in [-0.05, 0) is 35.1 Å². The Bertz CT molecular complexity index is 725. The number of nitro groups is 1. The number of nitrogens with zero attached hydrogens (tertiary/aromatic N) is 1. The molecule has 1 fully saturated rings. The third-order valence-electron chi connectivity index (χ3n) is 4.91. The SMILES string of the molecule is O=C1CCCC[C@H]1[C@@H](CC[N+](=O)[O-])c1ccc2ccccc2c1. The maximum Gasteiger partial charge on any atom is 0.204 e. The van der Waals surface area contributed by atoms with Gasteiger partial charge in [-0.25, -0.2) is 0 Å². The largest absolute Gasteiger partial charge is 0.299 e. The van der Waals surface area contributed by atoms with E-state index in [2.05, 4.69) is 18.2 Å². The topological polar surface area (TPSA) is 60.2 Å². The Morgan fingerprint density at radius 2 is 1.91 bits per heavy atom. The molecular formula is C19H21NO3. The minimum Gasteiger partial charge on any atom is -0.299 e. The van der Waals surface area contributed by atoms with Crippen LogP contribution in [-0.4, -0.2) is 17.3 Å². The summed E-state index contributed by atoms with van der Waals surface area (Å²) in [6.45, 7) is -0.0821. The van der Waals surface area contributed by atoms with Crippen LogP contribution in [0.5, 0.6) is 0 Å². The van der Waals surface area contributed by atoms with E-state index in [4.69, 9.17) is 0 Å². The van der Waals surface area contributed by atoms with E-state index in [1.165, 1.54) is 0 Å². The number of rotatable bonds is 5. The van der Waals surface area contributed by atoms with Crippen LogP contribution in [0.25, 0.3) is 10.8 Å². The Morgan fingerprint density at radius 1 is 1.13 bits per heavy atom. The van der Waals surface area contributed by atoms with Gasteiger partial charge in [0.05, 0.1) is 0 Å². The normalized spacial score (nSPS) is 19.7. The second kappa shape index (κ2) is 6.90. The predicted molar refractivity (Wildman–Crippen MR) is 90.1 cm³/mol. The molecule has 1 aliphatic rings. The van der Waals surface area contributed by atoms with E-state index in [1.54, 1.807) is 0 Å². The van der Waals surface area contributed by atoms with Crippen molar-refractivity contribution in [3.05, 3.63) is 58.1 Å². The fourth-order valence-electron chi connectivity index (χ4n) is 3.72. The molecule has 3 rings (SSSR count). The molecule has 2 atom stereocenters. The van der Waals surface area contributed by atoms with E-state index in [-0.39, 0.29) is 29.1 Å². The van der Waals surface area contributed by atoms with Gasteiger partial charge in [0, 0.05) is 23.7 Å². The molecule has 0 saturated heterocycles. The lowest BCUT2D eigenvalue weighted by Crippen LogP contribution is -2.27. The molecule has 0 spiro atoms. The van der Waals surface area contributed by atoms with E-state index < -0.39 is 0 Å². The molecule has 0 unspecified atom stereocenters. The molecule has 4 heteroatoms. The maximum atomic E-state index is 12.3. The molecule has 4 nitrogen and oxygen atoms in total. The van der Waals surface area contributed by atoms with Crippen molar-refractivity contribution in [2.24, 2.45) is 5.92 Å². The van der Waals surface area contributed by atoms with Gasteiger partial charge in [-0.2, -0.15) is 0 Å². The number of carbonyl (C=O) groups excluding carboxylic acids is 1. The number of benzene rings is 2. The number of fused-ring (bicyclic) bond motifs is 1. The van der Waals surface area contributed by atoms with E-state index in [9.17, 15) is 14.9 Å². The molecule has 0 amide bonds. The smallest absolute Gasteiger partial charge is 0.204 e. The Morgan fingerprint density at radius 3 is 2.65 bits per heavy atom. The molecule has 0 aromatic heterocycles. The van der Waals surface area contributed by atoms with Gasteiger partial charge in [0.15, 0.2) is 0 Å². The summed E-state index contributed by atoms with van der Waals surface area (Å²) in [5.41, 5.74) is 1.06. The molecule has 0 radical (unpaired) electrons. The van der Waals surface area contributed by atoms with E-state index in [0.717, 1.165) is 35.6 Å². The van der Waals surface area contributed by atoms with Crippen molar-refractivity contribution in [1.29, 1.82) is 0 Å². The molecule has 1 saturated carbocycles. The lowest BCUT2D eigenvalue weighted by Gasteiger charge is -2.29. The van der Waals surface area contributed by atoms with Crippen molar-refractivity contribution in [3.8, 4) is 0 Å². The van der Waals surface area contributed by atoms with Gasteiger partial charge in [-0.15, -0.1) is 0 Å². The summed E-state index contributed by atoms with van der Waals surface area (Å²) in [5.74, 6) is 0.167. The van der Waals surface area contributed by atoms with E-state index in [1.807, 2.05) is 24.3 Å². The molecule has 1 aliphatic carbocycles. The van der Waals surface area contributed by atoms with Gasteiger partial charge in [0.2, 0.25) is 6.54 Å². The third-order valence-corrected chi connectivity index (χ3v) is 4.91. The number of hydrogen-bond acceptors (Lipinski definition) is 3. The highest BCUT2D eigenvalue weighted by molar-refractivity contribution is 5.85. The van der Waals surface area contributed by atoms with Gasteiger partial charge in [-0.1, -0.05) is 48.9 Å². The van der Waals surface area contributed by atoms with Gasteiger partial charge in [0.25, 0.3) is 0 Å². The van der Waals surface area contributed by atoms with Crippen molar-refractivity contribution in [3.63, 3.8) is 0 Å². The zero-order valence-electron chi connectivity index (χ0n) is 13.1. The average Bonchev–Trinajstić information content (AvgIpc) is 2.56. The van der Waals surface area contributed by atoms with E-state index in [0.29, 0.717) is 12.8 Å². The molecule has 23 heavy (non-hydrogen) atoms. The maximum absolute atomic E-state index is 12.3. The van der Waals surface area contributed by atoms with Gasteiger partial charge in [0.1, 0.15) is 5.78 Å². The standard InChI is InChI=1S/C19H21NO3/c21-19-8-4-3-7-18(19)17(11-12-20(22)23)16-10-9-14-5-1-2-6-15(14)13-16/h1-2,5-6,9-10,13,17-18H,3-4,7-8,11-12H2/t17-,18-/m0/s1. The zero-order chi connectivity index (χ0) is 16.2. The monoisotopic (exact) mass is 311 g/mol. The molecule has 0 aliphatic heterocycles.